The molecule has 5 heteroatoms. The molecule has 0 aromatic rings. The standard InChI is InChI=1S/C18H38NO3P/c1-2-3-4-5-6-7-8-9-10-11-12-13-14-15-16-17-18-19-23(20,21)22/h9-10H,2-8,11-18H2,1H3,(H3,19,20,21,22)/b10-9-. The second kappa shape index (κ2) is 16.7. The van der Waals surface area contributed by atoms with Gasteiger partial charge in [-0.2, -0.15) is 0 Å². The monoisotopic (exact) mass is 347 g/mol. The van der Waals surface area contributed by atoms with Gasteiger partial charge < -0.3 is 9.79 Å². The van der Waals surface area contributed by atoms with Gasteiger partial charge in [-0.05, 0) is 32.1 Å². The van der Waals surface area contributed by atoms with E-state index in [2.05, 4.69) is 24.2 Å². The Morgan fingerprint density at radius 1 is 0.739 bits per heavy atom. The maximum absolute atomic E-state index is 10.6. The van der Waals surface area contributed by atoms with Crippen LogP contribution in [0.3, 0.4) is 0 Å². The van der Waals surface area contributed by atoms with Crippen molar-refractivity contribution in [3.63, 3.8) is 0 Å². The van der Waals surface area contributed by atoms with Crippen molar-refractivity contribution in [1.29, 1.82) is 0 Å². The van der Waals surface area contributed by atoms with Crippen LogP contribution in [0.25, 0.3) is 0 Å². The fourth-order valence-electron chi connectivity index (χ4n) is 2.60. The van der Waals surface area contributed by atoms with Crippen molar-refractivity contribution in [1.82, 2.24) is 5.09 Å². The van der Waals surface area contributed by atoms with E-state index in [-0.39, 0.29) is 0 Å². The number of allylic oxidation sites excluding steroid dienone is 2. The van der Waals surface area contributed by atoms with Gasteiger partial charge in [0.2, 0.25) is 0 Å². The summed E-state index contributed by atoms with van der Waals surface area (Å²) in [5.74, 6) is 0. The van der Waals surface area contributed by atoms with Crippen LogP contribution in [0.5, 0.6) is 0 Å². The molecule has 0 heterocycles. The van der Waals surface area contributed by atoms with E-state index < -0.39 is 7.75 Å². The van der Waals surface area contributed by atoms with E-state index in [1.807, 2.05) is 0 Å². The average Bonchev–Trinajstić information content (AvgIpc) is 2.49. The fraction of sp³-hybridized carbons (Fsp3) is 0.889. The second-order valence-corrected chi connectivity index (χ2v) is 7.79. The van der Waals surface area contributed by atoms with E-state index in [1.165, 1.54) is 70.6 Å². The Morgan fingerprint density at radius 3 is 1.65 bits per heavy atom. The van der Waals surface area contributed by atoms with Gasteiger partial charge in [0.1, 0.15) is 0 Å². The Morgan fingerprint density at radius 2 is 1.17 bits per heavy atom. The molecular formula is C18H38NO3P. The van der Waals surface area contributed by atoms with Gasteiger partial charge in [0.25, 0.3) is 0 Å². The topological polar surface area (TPSA) is 69.6 Å². The first-order valence-electron chi connectivity index (χ1n) is 9.52. The lowest BCUT2D eigenvalue weighted by molar-refractivity contribution is 0.356. The van der Waals surface area contributed by atoms with Gasteiger partial charge in [-0.25, -0.2) is 9.65 Å². The molecule has 0 rings (SSSR count). The molecule has 0 radical (unpaired) electrons. The quantitative estimate of drug-likeness (QED) is 0.179. The summed E-state index contributed by atoms with van der Waals surface area (Å²) < 4.78 is 10.6. The molecule has 3 N–H and O–H groups in total. The molecule has 0 aliphatic carbocycles. The van der Waals surface area contributed by atoms with E-state index in [4.69, 9.17) is 9.79 Å². The highest BCUT2D eigenvalue weighted by Gasteiger charge is 2.09. The number of unbranched alkanes of at least 4 members (excludes halogenated alkanes) is 12. The molecule has 0 bridgehead atoms. The fourth-order valence-corrected chi connectivity index (χ4v) is 3.05. The largest absolute Gasteiger partial charge is 0.400 e. The summed E-state index contributed by atoms with van der Waals surface area (Å²) in [4.78, 5) is 17.3. The summed E-state index contributed by atoms with van der Waals surface area (Å²) in [5, 5.41) is 2.23. The van der Waals surface area contributed by atoms with Crippen LogP contribution >= 0.6 is 7.75 Å². The van der Waals surface area contributed by atoms with Crippen LogP contribution in [0.1, 0.15) is 96.8 Å². The lowest BCUT2D eigenvalue weighted by Crippen LogP contribution is -2.10. The first-order valence-corrected chi connectivity index (χ1v) is 11.1. The van der Waals surface area contributed by atoms with Gasteiger partial charge in [0, 0.05) is 6.54 Å². The van der Waals surface area contributed by atoms with Crippen LogP contribution in [0.2, 0.25) is 0 Å². The predicted octanol–water partition coefficient (Wildman–Crippen LogP) is 5.71. The van der Waals surface area contributed by atoms with Crippen molar-refractivity contribution >= 4 is 7.75 Å². The molecule has 0 spiro atoms. The molecule has 23 heavy (non-hydrogen) atoms. The van der Waals surface area contributed by atoms with Crippen LogP contribution in [-0.4, -0.2) is 16.3 Å². The first-order chi connectivity index (χ1) is 11.1. The summed E-state index contributed by atoms with van der Waals surface area (Å²) in [7, 11) is -4.01. The van der Waals surface area contributed by atoms with Crippen LogP contribution < -0.4 is 5.09 Å². The van der Waals surface area contributed by atoms with Gasteiger partial charge in [0.15, 0.2) is 0 Å². The van der Waals surface area contributed by atoms with Crippen molar-refractivity contribution in [2.45, 2.75) is 96.8 Å². The molecule has 0 atom stereocenters. The van der Waals surface area contributed by atoms with E-state index in [0.717, 1.165) is 19.3 Å². The number of nitrogens with one attached hydrogen (secondary N) is 1. The molecule has 0 amide bonds. The van der Waals surface area contributed by atoms with Crippen LogP contribution in [0.15, 0.2) is 12.2 Å². The van der Waals surface area contributed by atoms with Crippen LogP contribution in [0, 0.1) is 0 Å². The molecule has 0 aliphatic rings. The van der Waals surface area contributed by atoms with Crippen molar-refractivity contribution < 1.29 is 14.4 Å². The second-order valence-electron chi connectivity index (χ2n) is 6.39. The Bertz CT molecular complexity index is 315. The van der Waals surface area contributed by atoms with Gasteiger partial charge in [-0.1, -0.05) is 76.9 Å². The Balaban J connectivity index is 3.12. The molecule has 0 saturated carbocycles. The van der Waals surface area contributed by atoms with E-state index in [1.54, 1.807) is 0 Å². The lowest BCUT2D eigenvalue weighted by Gasteiger charge is -2.05. The minimum atomic E-state index is -4.01. The van der Waals surface area contributed by atoms with Crippen molar-refractivity contribution in [2.24, 2.45) is 0 Å². The summed E-state index contributed by atoms with van der Waals surface area (Å²) >= 11 is 0. The van der Waals surface area contributed by atoms with Gasteiger partial charge >= 0.3 is 7.75 Å². The average molecular weight is 347 g/mol. The number of hydrogen-bond acceptors (Lipinski definition) is 1. The van der Waals surface area contributed by atoms with E-state index >= 15 is 0 Å². The molecular weight excluding hydrogens is 309 g/mol. The Hall–Kier alpha value is -0.150. The van der Waals surface area contributed by atoms with Crippen LogP contribution in [0.4, 0.5) is 0 Å². The third kappa shape index (κ3) is 21.9. The first kappa shape index (κ1) is 22.9. The Kier molecular flexibility index (Phi) is 16.6. The zero-order chi connectivity index (χ0) is 17.2. The maximum atomic E-state index is 10.6. The van der Waals surface area contributed by atoms with Crippen molar-refractivity contribution in [3.8, 4) is 0 Å². The molecule has 0 fully saturated rings. The van der Waals surface area contributed by atoms with E-state index in [9.17, 15) is 4.57 Å². The highest BCUT2D eigenvalue weighted by Crippen LogP contribution is 2.27. The highest BCUT2D eigenvalue weighted by molar-refractivity contribution is 7.49. The zero-order valence-electron chi connectivity index (χ0n) is 15.0. The third-order valence-corrected chi connectivity index (χ3v) is 4.64. The molecule has 0 aromatic heterocycles. The summed E-state index contributed by atoms with van der Waals surface area (Å²) in [6, 6.07) is 0. The summed E-state index contributed by atoms with van der Waals surface area (Å²) in [6.07, 6.45) is 22.1. The molecule has 0 saturated heterocycles. The number of rotatable bonds is 17. The zero-order valence-corrected chi connectivity index (χ0v) is 15.9. The van der Waals surface area contributed by atoms with Crippen molar-refractivity contribution in [3.05, 3.63) is 12.2 Å². The van der Waals surface area contributed by atoms with E-state index in [0.29, 0.717) is 6.54 Å². The SMILES string of the molecule is CCCCCCCC/C=C\CCCCCCCCNP(=O)(O)O. The maximum Gasteiger partial charge on any atom is 0.400 e. The third-order valence-electron chi connectivity index (χ3n) is 4.01. The molecule has 0 aliphatic heterocycles. The number of hydrogen-bond donors (Lipinski definition) is 3. The van der Waals surface area contributed by atoms with Gasteiger partial charge in [-0.3, -0.25) is 0 Å². The predicted molar refractivity (Wildman–Crippen MR) is 99.5 cm³/mol. The highest BCUT2D eigenvalue weighted by atomic mass is 31.2. The normalized spacial score (nSPS) is 12.3. The smallest absolute Gasteiger partial charge is 0.313 e. The molecule has 0 aromatic carbocycles. The minimum Gasteiger partial charge on any atom is -0.313 e. The minimum absolute atomic E-state index is 0.408. The molecule has 4 nitrogen and oxygen atoms in total. The van der Waals surface area contributed by atoms with Crippen LogP contribution in [-0.2, 0) is 4.57 Å². The van der Waals surface area contributed by atoms with Gasteiger partial charge in [-0.15, -0.1) is 0 Å². The Labute approximate surface area is 143 Å². The van der Waals surface area contributed by atoms with Gasteiger partial charge in [0.05, 0.1) is 0 Å². The van der Waals surface area contributed by atoms with Crippen molar-refractivity contribution in [2.75, 3.05) is 6.54 Å². The summed E-state index contributed by atoms with van der Waals surface area (Å²) in [5.41, 5.74) is 0. The lowest BCUT2D eigenvalue weighted by atomic mass is 10.1. The summed E-state index contributed by atoms with van der Waals surface area (Å²) in [6.45, 7) is 2.66. The molecule has 138 valence electrons. The molecule has 0 unspecified atom stereocenters.